The SMILES string of the molecule is Cc1cc(NC(=O)COC(=O)CN2C(=O)[C@@H]3[C@@H]4C[C@@H]([C@@H]3C2=O)[C@@H](c2ccccc2)C4)no1. The van der Waals surface area contributed by atoms with E-state index < -0.39 is 25.0 Å². The van der Waals surface area contributed by atoms with E-state index in [1.165, 1.54) is 11.6 Å². The van der Waals surface area contributed by atoms with E-state index in [0.29, 0.717) is 5.76 Å². The number of esters is 1. The summed E-state index contributed by atoms with van der Waals surface area (Å²) in [7, 11) is 0. The fourth-order valence-electron chi connectivity index (χ4n) is 5.69. The number of carbonyl (C=O) groups is 4. The van der Waals surface area contributed by atoms with Gasteiger partial charge in [-0.25, -0.2) is 0 Å². The highest BCUT2D eigenvalue weighted by Gasteiger charge is 2.64. The fraction of sp³-hybridized carbons (Fsp3) is 0.435. The smallest absolute Gasteiger partial charge is 0.326 e. The van der Waals surface area contributed by atoms with Crippen LogP contribution < -0.4 is 5.32 Å². The number of aromatic nitrogens is 1. The number of amides is 3. The quantitative estimate of drug-likeness (QED) is 0.541. The Morgan fingerprint density at radius 3 is 2.62 bits per heavy atom. The molecule has 3 fully saturated rings. The molecule has 1 aliphatic heterocycles. The molecule has 5 rings (SSSR count). The second-order valence-electron chi connectivity index (χ2n) is 8.76. The van der Waals surface area contributed by atoms with Crippen LogP contribution >= 0.6 is 0 Å². The summed E-state index contributed by atoms with van der Waals surface area (Å²) in [5.74, 6) is -1.44. The minimum absolute atomic E-state index is 0.113. The normalized spacial score (nSPS) is 28.2. The van der Waals surface area contributed by atoms with Crippen LogP contribution in [0, 0.1) is 30.6 Å². The Bertz CT molecular complexity index is 1080. The van der Waals surface area contributed by atoms with Crippen molar-refractivity contribution in [3.05, 3.63) is 47.7 Å². The summed E-state index contributed by atoms with van der Waals surface area (Å²) in [6.07, 6.45) is 1.75. The van der Waals surface area contributed by atoms with Crippen molar-refractivity contribution in [3.63, 3.8) is 0 Å². The third-order valence-electron chi connectivity index (χ3n) is 6.88. The zero-order valence-corrected chi connectivity index (χ0v) is 17.5. The highest BCUT2D eigenvalue weighted by atomic mass is 16.5. The fourth-order valence-corrected chi connectivity index (χ4v) is 5.69. The van der Waals surface area contributed by atoms with Crippen LogP contribution in [0.5, 0.6) is 0 Å². The maximum Gasteiger partial charge on any atom is 0.326 e. The Kier molecular flexibility index (Phi) is 5.03. The summed E-state index contributed by atoms with van der Waals surface area (Å²) < 4.78 is 9.81. The topological polar surface area (TPSA) is 119 Å². The minimum atomic E-state index is -0.801. The number of fused-ring (bicyclic) bond motifs is 5. The van der Waals surface area contributed by atoms with Crippen LogP contribution in [0.3, 0.4) is 0 Å². The summed E-state index contributed by atoms with van der Waals surface area (Å²) in [5.41, 5.74) is 1.20. The molecular formula is C23H23N3O6. The third kappa shape index (κ3) is 3.47. The van der Waals surface area contributed by atoms with Crippen LogP contribution in [0.2, 0.25) is 0 Å². The van der Waals surface area contributed by atoms with Crippen LogP contribution in [0.25, 0.3) is 0 Å². The molecule has 1 aromatic carbocycles. The molecule has 2 aromatic rings. The number of likely N-dealkylation sites (tertiary alicyclic amines) is 1. The highest BCUT2D eigenvalue weighted by molar-refractivity contribution is 6.08. The first-order valence-electron chi connectivity index (χ1n) is 10.7. The Morgan fingerprint density at radius 1 is 1.16 bits per heavy atom. The number of rotatable bonds is 6. The van der Waals surface area contributed by atoms with Gasteiger partial charge in [0.15, 0.2) is 12.4 Å². The maximum atomic E-state index is 13.1. The van der Waals surface area contributed by atoms with E-state index in [4.69, 9.17) is 9.26 Å². The molecule has 9 nitrogen and oxygen atoms in total. The van der Waals surface area contributed by atoms with Gasteiger partial charge in [0.1, 0.15) is 12.3 Å². The van der Waals surface area contributed by atoms with Gasteiger partial charge in [-0.15, -0.1) is 0 Å². The Morgan fingerprint density at radius 2 is 1.91 bits per heavy atom. The lowest BCUT2D eigenvalue weighted by molar-refractivity contribution is -0.154. The van der Waals surface area contributed by atoms with Gasteiger partial charge in [-0.1, -0.05) is 35.5 Å². The summed E-state index contributed by atoms with van der Waals surface area (Å²) in [5, 5.41) is 6.05. The molecule has 3 aliphatic rings. The van der Waals surface area contributed by atoms with E-state index >= 15 is 0 Å². The molecule has 2 saturated carbocycles. The molecule has 2 heterocycles. The van der Waals surface area contributed by atoms with E-state index in [0.717, 1.165) is 17.7 Å². The van der Waals surface area contributed by atoms with Crippen molar-refractivity contribution < 1.29 is 28.4 Å². The molecule has 166 valence electrons. The molecule has 0 unspecified atom stereocenters. The number of carbonyl (C=O) groups excluding carboxylic acids is 4. The maximum absolute atomic E-state index is 13.1. The lowest BCUT2D eigenvalue weighted by Gasteiger charge is -2.28. The average molecular weight is 437 g/mol. The molecular weight excluding hydrogens is 414 g/mol. The Hall–Kier alpha value is -3.49. The van der Waals surface area contributed by atoms with Crippen molar-refractivity contribution in [2.45, 2.75) is 25.7 Å². The number of ether oxygens (including phenoxy) is 1. The molecule has 9 heteroatoms. The minimum Gasteiger partial charge on any atom is -0.454 e. The van der Waals surface area contributed by atoms with Crippen LogP contribution in [0.4, 0.5) is 5.82 Å². The number of benzene rings is 1. The van der Waals surface area contributed by atoms with Gasteiger partial charge in [-0.2, -0.15) is 0 Å². The average Bonchev–Trinajstić information content (AvgIpc) is 3.53. The van der Waals surface area contributed by atoms with Crippen LogP contribution in [0.15, 0.2) is 40.9 Å². The van der Waals surface area contributed by atoms with E-state index in [1.807, 2.05) is 18.2 Å². The van der Waals surface area contributed by atoms with Crippen molar-refractivity contribution in [1.82, 2.24) is 10.1 Å². The molecule has 0 spiro atoms. The molecule has 3 amide bonds. The highest BCUT2D eigenvalue weighted by Crippen LogP contribution is 2.61. The monoisotopic (exact) mass is 437 g/mol. The summed E-state index contributed by atoms with van der Waals surface area (Å²) in [4.78, 5) is 51.2. The van der Waals surface area contributed by atoms with Gasteiger partial charge >= 0.3 is 5.97 Å². The molecule has 2 bridgehead atoms. The number of imide groups is 1. The van der Waals surface area contributed by atoms with E-state index in [1.54, 1.807) is 6.92 Å². The van der Waals surface area contributed by atoms with Gasteiger partial charge in [-0.3, -0.25) is 24.1 Å². The largest absolute Gasteiger partial charge is 0.454 e. The van der Waals surface area contributed by atoms with Crippen LogP contribution in [-0.4, -0.2) is 46.9 Å². The molecule has 1 N–H and O–H groups in total. The van der Waals surface area contributed by atoms with Crippen molar-refractivity contribution in [3.8, 4) is 0 Å². The van der Waals surface area contributed by atoms with Gasteiger partial charge in [0.05, 0.1) is 11.8 Å². The van der Waals surface area contributed by atoms with Gasteiger partial charge in [0.2, 0.25) is 11.8 Å². The van der Waals surface area contributed by atoms with E-state index in [9.17, 15) is 19.2 Å². The number of hydrogen-bond acceptors (Lipinski definition) is 7. The van der Waals surface area contributed by atoms with Gasteiger partial charge in [-0.05, 0) is 43.1 Å². The molecule has 32 heavy (non-hydrogen) atoms. The van der Waals surface area contributed by atoms with Crippen molar-refractivity contribution >= 4 is 29.5 Å². The number of anilines is 1. The molecule has 5 atom stereocenters. The number of aryl methyl sites for hydroxylation is 1. The van der Waals surface area contributed by atoms with Crippen molar-refractivity contribution in [1.29, 1.82) is 0 Å². The van der Waals surface area contributed by atoms with E-state index in [-0.39, 0.29) is 47.2 Å². The molecule has 2 aliphatic carbocycles. The summed E-state index contributed by atoms with van der Waals surface area (Å²) in [6.45, 7) is 0.655. The predicted molar refractivity (Wildman–Crippen MR) is 110 cm³/mol. The number of nitrogens with one attached hydrogen (secondary N) is 1. The number of hydrogen-bond donors (Lipinski definition) is 1. The Labute approximate surface area is 184 Å². The Balaban J connectivity index is 1.19. The van der Waals surface area contributed by atoms with E-state index in [2.05, 4.69) is 22.6 Å². The molecule has 0 radical (unpaired) electrons. The van der Waals surface area contributed by atoms with Crippen molar-refractivity contribution in [2.75, 3.05) is 18.5 Å². The first-order chi connectivity index (χ1) is 15.4. The number of nitrogens with zero attached hydrogens (tertiary/aromatic N) is 2. The van der Waals surface area contributed by atoms with Gasteiger partial charge in [0.25, 0.3) is 5.91 Å². The zero-order chi connectivity index (χ0) is 22.4. The standard InChI is InChI=1S/C23H23N3O6/c1-12-7-17(25-32-12)24-18(27)11-31-19(28)10-26-22(29)20-14-8-15(13-5-3-2-4-6-13)16(9-14)21(20)23(26)30/h2-7,14-16,20-21H,8-11H2,1H3,(H,24,25,27)/t14-,15+,16+,20+,21-/m0/s1. The third-order valence-corrected chi connectivity index (χ3v) is 6.88. The summed E-state index contributed by atoms with van der Waals surface area (Å²) in [6, 6.07) is 11.6. The second-order valence-corrected chi connectivity index (χ2v) is 8.76. The lowest BCUT2D eigenvalue weighted by atomic mass is 9.73. The first-order valence-corrected chi connectivity index (χ1v) is 10.7. The van der Waals surface area contributed by atoms with Gasteiger partial charge in [0, 0.05) is 6.07 Å². The van der Waals surface area contributed by atoms with Crippen LogP contribution in [0.1, 0.15) is 30.1 Å². The summed E-state index contributed by atoms with van der Waals surface area (Å²) >= 11 is 0. The predicted octanol–water partition coefficient (Wildman–Crippen LogP) is 1.89. The molecule has 1 saturated heterocycles. The van der Waals surface area contributed by atoms with Crippen LogP contribution in [-0.2, 0) is 23.9 Å². The zero-order valence-electron chi connectivity index (χ0n) is 17.5. The lowest BCUT2D eigenvalue weighted by Crippen LogP contribution is -2.38. The molecule has 1 aromatic heterocycles. The van der Waals surface area contributed by atoms with Crippen molar-refractivity contribution in [2.24, 2.45) is 23.7 Å². The second kappa shape index (κ2) is 7.89. The van der Waals surface area contributed by atoms with Gasteiger partial charge < -0.3 is 14.6 Å². The first kappa shape index (κ1) is 20.4.